The Morgan fingerprint density at radius 1 is 1.25 bits per heavy atom. The molecule has 0 fully saturated rings. The summed E-state index contributed by atoms with van der Waals surface area (Å²) >= 11 is 3.58. The van der Waals surface area contributed by atoms with E-state index in [0.29, 0.717) is 0 Å². The summed E-state index contributed by atoms with van der Waals surface area (Å²) in [5, 5.41) is 0.955. The topological polar surface area (TPSA) is 0 Å². The largest absolute Gasteiger partial charge is 0.102 e. The van der Waals surface area contributed by atoms with Gasteiger partial charge in [-0.3, -0.25) is 0 Å². The van der Waals surface area contributed by atoms with Gasteiger partial charge in [0.25, 0.3) is 0 Å². The SMILES string of the molecule is C=CC(C)(CBr)Cc1c(C)cc(C)cc1C. The van der Waals surface area contributed by atoms with Gasteiger partial charge in [-0.25, -0.2) is 0 Å². The van der Waals surface area contributed by atoms with Gasteiger partial charge in [0, 0.05) is 5.33 Å². The van der Waals surface area contributed by atoms with Gasteiger partial charge in [-0.2, -0.15) is 0 Å². The molecular formula is C15H21Br. The van der Waals surface area contributed by atoms with E-state index < -0.39 is 0 Å². The van der Waals surface area contributed by atoms with Gasteiger partial charge in [0.05, 0.1) is 0 Å². The molecule has 0 nitrogen and oxygen atoms in total. The van der Waals surface area contributed by atoms with Crippen molar-refractivity contribution in [1.29, 1.82) is 0 Å². The molecule has 0 aromatic heterocycles. The van der Waals surface area contributed by atoms with E-state index in [1.807, 2.05) is 0 Å². The van der Waals surface area contributed by atoms with Crippen LogP contribution >= 0.6 is 15.9 Å². The second-order valence-corrected chi connectivity index (χ2v) is 5.61. The van der Waals surface area contributed by atoms with Crippen molar-refractivity contribution < 1.29 is 0 Å². The highest BCUT2D eigenvalue weighted by molar-refractivity contribution is 9.09. The minimum absolute atomic E-state index is 0.144. The quantitative estimate of drug-likeness (QED) is 0.552. The first kappa shape index (κ1) is 13.5. The second-order valence-electron chi connectivity index (χ2n) is 5.05. The molecule has 1 heteroatoms. The minimum atomic E-state index is 0.144. The lowest BCUT2D eigenvalue weighted by Gasteiger charge is -2.25. The van der Waals surface area contributed by atoms with Crippen LogP contribution in [0.15, 0.2) is 24.8 Å². The summed E-state index contributed by atoms with van der Waals surface area (Å²) in [5.74, 6) is 0. The first-order valence-electron chi connectivity index (χ1n) is 5.68. The van der Waals surface area contributed by atoms with Crippen molar-refractivity contribution >= 4 is 15.9 Å². The van der Waals surface area contributed by atoms with E-state index in [1.54, 1.807) is 0 Å². The zero-order valence-electron chi connectivity index (χ0n) is 10.7. The molecule has 0 N–H and O–H groups in total. The van der Waals surface area contributed by atoms with Gasteiger partial charge in [-0.1, -0.05) is 46.6 Å². The highest BCUT2D eigenvalue weighted by atomic mass is 79.9. The maximum atomic E-state index is 3.95. The molecule has 0 spiro atoms. The van der Waals surface area contributed by atoms with Gasteiger partial charge in [-0.05, 0) is 49.3 Å². The predicted octanol–water partition coefficient (Wildman–Crippen LogP) is 4.74. The highest BCUT2D eigenvalue weighted by Gasteiger charge is 2.21. The van der Waals surface area contributed by atoms with Gasteiger partial charge in [-0.15, -0.1) is 6.58 Å². The Kier molecular flexibility index (Phi) is 4.37. The predicted molar refractivity (Wildman–Crippen MR) is 76.5 cm³/mol. The highest BCUT2D eigenvalue weighted by Crippen LogP contribution is 2.29. The molecule has 0 amide bonds. The molecule has 0 radical (unpaired) electrons. The first-order valence-corrected chi connectivity index (χ1v) is 6.80. The van der Waals surface area contributed by atoms with E-state index in [-0.39, 0.29) is 5.41 Å². The molecule has 0 saturated heterocycles. The zero-order chi connectivity index (χ0) is 12.3. The summed E-state index contributed by atoms with van der Waals surface area (Å²) in [7, 11) is 0. The van der Waals surface area contributed by atoms with Gasteiger partial charge >= 0.3 is 0 Å². The Hall–Kier alpha value is -0.560. The van der Waals surface area contributed by atoms with Crippen molar-refractivity contribution in [2.75, 3.05) is 5.33 Å². The fourth-order valence-electron chi connectivity index (χ4n) is 2.07. The summed E-state index contributed by atoms with van der Waals surface area (Å²) in [6, 6.07) is 4.53. The van der Waals surface area contributed by atoms with E-state index in [4.69, 9.17) is 0 Å². The van der Waals surface area contributed by atoms with Crippen LogP contribution in [0.5, 0.6) is 0 Å². The fraction of sp³-hybridized carbons (Fsp3) is 0.467. The van der Waals surface area contributed by atoms with Crippen LogP contribution in [-0.2, 0) is 6.42 Å². The monoisotopic (exact) mass is 280 g/mol. The summed E-state index contributed by atoms with van der Waals surface area (Å²) in [4.78, 5) is 0. The molecule has 1 aromatic rings. The molecule has 1 rings (SSSR count). The van der Waals surface area contributed by atoms with Gasteiger partial charge < -0.3 is 0 Å². The summed E-state index contributed by atoms with van der Waals surface area (Å²) < 4.78 is 0. The number of hydrogen-bond acceptors (Lipinski definition) is 0. The van der Waals surface area contributed by atoms with Crippen LogP contribution in [0.2, 0.25) is 0 Å². The number of rotatable bonds is 4. The normalized spacial score (nSPS) is 14.6. The Bertz CT molecular complexity index is 369. The van der Waals surface area contributed by atoms with Crippen LogP contribution in [-0.4, -0.2) is 5.33 Å². The molecule has 16 heavy (non-hydrogen) atoms. The maximum absolute atomic E-state index is 3.95. The molecule has 1 aromatic carbocycles. The third kappa shape index (κ3) is 2.98. The van der Waals surface area contributed by atoms with Crippen LogP contribution in [0.3, 0.4) is 0 Å². The standard InChI is InChI=1S/C15H21Br/c1-6-15(5,10-16)9-14-12(3)7-11(2)8-13(14)4/h6-8H,1,9-10H2,2-5H3. The number of allylic oxidation sites excluding steroid dienone is 1. The van der Waals surface area contributed by atoms with Crippen molar-refractivity contribution in [3.63, 3.8) is 0 Å². The number of benzene rings is 1. The number of alkyl halides is 1. The molecule has 0 saturated carbocycles. The Balaban J connectivity index is 3.10. The third-order valence-corrected chi connectivity index (χ3v) is 4.50. The lowest BCUT2D eigenvalue weighted by molar-refractivity contribution is 0.491. The smallest absolute Gasteiger partial charge is 0.0123 e. The van der Waals surface area contributed by atoms with Gasteiger partial charge in [0.15, 0.2) is 0 Å². The fourth-order valence-corrected chi connectivity index (χ4v) is 2.49. The summed E-state index contributed by atoms with van der Waals surface area (Å²) in [6.07, 6.45) is 3.11. The molecule has 0 heterocycles. The van der Waals surface area contributed by atoms with Crippen molar-refractivity contribution in [2.24, 2.45) is 5.41 Å². The number of aryl methyl sites for hydroxylation is 3. The maximum Gasteiger partial charge on any atom is 0.0123 e. The van der Waals surface area contributed by atoms with Crippen LogP contribution < -0.4 is 0 Å². The zero-order valence-corrected chi connectivity index (χ0v) is 12.3. The second kappa shape index (κ2) is 5.18. The van der Waals surface area contributed by atoms with Crippen LogP contribution in [0.25, 0.3) is 0 Å². The summed E-state index contributed by atoms with van der Waals surface area (Å²) in [5.41, 5.74) is 5.74. The summed E-state index contributed by atoms with van der Waals surface area (Å²) in [6.45, 7) is 12.7. The van der Waals surface area contributed by atoms with Crippen molar-refractivity contribution in [1.82, 2.24) is 0 Å². The van der Waals surface area contributed by atoms with Crippen molar-refractivity contribution in [3.8, 4) is 0 Å². The van der Waals surface area contributed by atoms with Crippen LogP contribution in [0.4, 0.5) is 0 Å². The average molecular weight is 281 g/mol. The Morgan fingerprint density at radius 2 is 1.75 bits per heavy atom. The Morgan fingerprint density at radius 3 is 2.12 bits per heavy atom. The first-order chi connectivity index (χ1) is 7.41. The van der Waals surface area contributed by atoms with Crippen LogP contribution in [0.1, 0.15) is 29.2 Å². The van der Waals surface area contributed by atoms with E-state index >= 15 is 0 Å². The molecule has 1 atom stereocenters. The van der Waals surface area contributed by atoms with E-state index in [1.165, 1.54) is 22.3 Å². The lowest BCUT2D eigenvalue weighted by atomic mass is 9.82. The average Bonchev–Trinajstić information content (AvgIpc) is 2.23. The molecular weight excluding hydrogens is 260 g/mol. The molecule has 0 aliphatic carbocycles. The molecule has 0 aliphatic rings. The minimum Gasteiger partial charge on any atom is -0.102 e. The Labute approximate surface area is 108 Å². The van der Waals surface area contributed by atoms with Gasteiger partial charge in [0.1, 0.15) is 0 Å². The van der Waals surface area contributed by atoms with Crippen molar-refractivity contribution in [3.05, 3.63) is 47.0 Å². The van der Waals surface area contributed by atoms with Crippen molar-refractivity contribution in [2.45, 2.75) is 34.1 Å². The molecule has 0 aliphatic heterocycles. The number of halogens is 1. The third-order valence-electron chi connectivity index (χ3n) is 3.22. The van der Waals surface area contributed by atoms with Crippen LogP contribution in [0, 0.1) is 26.2 Å². The number of hydrogen-bond donors (Lipinski definition) is 0. The molecule has 88 valence electrons. The van der Waals surface area contributed by atoms with E-state index in [9.17, 15) is 0 Å². The van der Waals surface area contributed by atoms with Gasteiger partial charge in [0.2, 0.25) is 0 Å². The molecule has 1 unspecified atom stereocenters. The lowest BCUT2D eigenvalue weighted by Crippen LogP contribution is -2.19. The van der Waals surface area contributed by atoms with E-state index in [2.05, 4.69) is 68.4 Å². The van der Waals surface area contributed by atoms with E-state index in [0.717, 1.165) is 11.8 Å². The molecule has 0 bridgehead atoms.